The molecular formula is C26H24O7. The topological polar surface area (TPSA) is 80.3 Å². The molecule has 0 saturated carbocycles. The van der Waals surface area contributed by atoms with Gasteiger partial charge in [0.2, 0.25) is 0 Å². The zero-order valence-corrected chi connectivity index (χ0v) is 18.8. The standard InChI is InChI=1S/C26H24O7/c1-29-19-9-7-18(8-10-19)26(28)33-24-13-6-17(15-25(24)32-4)5-12-22(27)21-16-20(30-2)11-14-23(21)31-3/h5-16H,1-4H3. The summed E-state index contributed by atoms with van der Waals surface area (Å²) in [6, 6.07) is 16.6. The Bertz CT molecular complexity index is 1160. The Morgan fingerprint density at radius 3 is 1.94 bits per heavy atom. The summed E-state index contributed by atoms with van der Waals surface area (Å²) < 4.78 is 26.4. The van der Waals surface area contributed by atoms with Crippen molar-refractivity contribution >= 4 is 17.8 Å². The van der Waals surface area contributed by atoms with E-state index in [-0.39, 0.29) is 11.5 Å². The van der Waals surface area contributed by atoms with Crippen LogP contribution in [-0.4, -0.2) is 40.2 Å². The van der Waals surface area contributed by atoms with Crippen molar-refractivity contribution in [3.05, 3.63) is 83.4 Å². The first-order valence-electron chi connectivity index (χ1n) is 9.97. The Morgan fingerprint density at radius 2 is 1.30 bits per heavy atom. The van der Waals surface area contributed by atoms with E-state index in [1.54, 1.807) is 73.8 Å². The third kappa shape index (κ3) is 5.71. The zero-order valence-electron chi connectivity index (χ0n) is 18.8. The molecule has 7 nitrogen and oxygen atoms in total. The van der Waals surface area contributed by atoms with Crippen LogP contribution in [0.15, 0.2) is 66.7 Å². The summed E-state index contributed by atoms with van der Waals surface area (Å²) in [7, 11) is 6.05. The molecule has 7 heteroatoms. The Kier molecular flexibility index (Phi) is 7.70. The number of ketones is 1. The molecule has 0 aliphatic rings. The van der Waals surface area contributed by atoms with Gasteiger partial charge in [0.1, 0.15) is 17.2 Å². The number of carbonyl (C=O) groups is 2. The lowest BCUT2D eigenvalue weighted by Crippen LogP contribution is -2.09. The third-order valence-electron chi connectivity index (χ3n) is 4.82. The maximum absolute atomic E-state index is 12.7. The highest BCUT2D eigenvalue weighted by molar-refractivity contribution is 6.09. The summed E-state index contributed by atoms with van der Waals surface area (Å²) in [6.07, 6.45) is 3.06. The molecule has 0 atom stereocenters. The Labute approximate surface area is 192 Å². The second-order valence-electron chi connectivity index (χ2n) is 6.79. The van der Waals surface area contributed by atoms with Crippen LogP contribution in [0, 0.1) is 0 Å². The van der Waals surface area contributed by atoms with E-state index in [0.29, 0.717) is 39.7 Å². The second-order valence-corrected chi connectivity index (χ2v) is 6.79. The first-order chi connectivity index (χ1) is 16.0. The average molecular weight is 448 g/mol. The molecular weight excluding hydrogens is 424 g/mol. The first kappa shape index (κ1) is 23.4. The lowest BCUT2D eigenvalue weighted by atomic mass is 10.1. The first-order valence-corrected chi connectivity index (χ1v) is 9.97. The van der Waals surface area contributed by atoms with Crippen LogP contribution < -0.4 is 23.7 Å². The van der Waals surface area contributed by atoms with Gasteiger partial charge in [-0.25, -0.2) is 4.79 Å². The number of ether oxygens (including phenoxy) is 5. The third-order valence-corrected chi connectivity index (χ3v) is 4.82. The lowest BCUT2D eigenvalue weighted by molar-refractivity contribution is 0.0729. The maximum Gasteiger partial charge on any atom is 0.343 e. The summed E-state index contributed by atoms with van der Waals surface area (Å²) in [5, 5.41) is 0. The van der Waals surface area contributed by atoms with Gasteiger partial charge in [0, 0.05) is 0 Å². The Hall–Kier alpha value is -4.26. The van der Waals surface area contributed by atoms with E-state index in [1.165, 1.54) is 27.4 Å². The van der Waals surface area contributed by atoms with Crippen LogP contribution in [0.4, 0.5) is 0 Å². The highest BCUT2D eigenvalue weighted by Gasteiger charge is 2.14. The van der Waals surface area contributed by atoms with Crippen molar-refractivity contribution in [2.24, 2.45) is 0 Å². The Morgan fingerprint density at radius 1 is 0.667 bits per heavy atom. The summed E-state index contributed by atoms with van der Waals surface area (Å²) in [6.45, 7) is 0. The minimum absolute atomic E-state index is 0.250. The van der Waals surface area contributed by atoms with E-state index >= 15 is 0 Å². The fourth-order valence-electron chi connectivity index (χ4n) is 3.03. The molecule has 0 radical (unpaired) electrons. The van der Waals surface area contributed by atoms with Crippen LogP contribution >= 0.6 is 0 Å². The SMILES string of the molecule is COc1ccc(C(=O)Oc2ccc(C=CC(=O)c3cc(OC)ccc3OC)cc2OC)cc1. The summed E-state index contributed by atoms with van der Waals surface area (Å²) in [5.74, 6) is 1.48. The Balaban J connectivity index is 1.77. The largest absolute Gasteiger partial charge is 0.497 e. The fourth-order valence-corrected chi connectivity index (χ4v) is 3.03. The van der Waals surface area contributed by atoms with Gasteiger partial charge in [-0.05, 0) is 66.2 Å². The second kappa shape index (κ2) is 10.9. The predicted molar refractivity (Wildman–Crippen MR) is 124 cm³/mol. The van der Waals surface area contributed by atoms with Crippen molar-refractivity contribution in [3.63, 3.8) is 0 Å². The van der Waals surface area contributed by atoms with Crippen LogP contribution in [0.2, 0.25) is 0 Å². The van der Waals surface area contributed by atoms with Gasteiger partial charge < -0.3 is 23.7 Å². The highest BCUT2D eigenvalue weighted by Crippen LogP contribution is 2.30. The smallest absolute Gasteiger partial charge is 0.343 e. The van der Waals surface area contributed by atoms with Crippen LogP contribution in [0.3, 0.4) is 0 Å². The summed E-state index contributed by atoms with van der Waals surface area (Å²) in [4.78, 5) is 25.2. The lowest BCUT2D eigenvalue weighted by Gasteiger charge is -2.10. The van der Waals surface area contributed by atoms with Crippen molar-refractivity contribution < 1.29 is 33.3 Å². The van der Waals surface area contributed by atoms with Gasteiger partial charge in [-0.1, -0.05) is 12.1 Å². The molecule has 0 fully saturated rings. The van der Waals surface area contributed by atoms with E-state index in [4.69, 9.17) is 23.7 Å². The number of rotatable bonds is 9. The molecule has 0 aliphatic heterocycles. The molecule has 0 spiro atoms. The predicted octanol–water partition coefficient (Wildman–Crippen LogP) is 4.84. The van der Waals surface area contributed by atoms with Gasteiger partial charge in [-0.3, -0.25) is 4.79 Å². The van der Waals surface area contributed by atoms with Crippen molar-refractivity contribution in [2.75, 3.05) is 28.4 Å². The van der Waals surface area contributed by atoms with E-state index in [2.05, 4.69) is 0 Å². The molecule has 3 rings (SSSR count). The summed E-state index contributed by atoms with van der Waals surface area (Å²) >= 11 is 0. The van der Waals surface area contributed by atoms with Gasteiger partial charge in [0.25, 0.3) is 0 Å². The monoisotopic (exact) mass is 448 g/mol. The number of hydrogen-bond acceptors (Lipinski definition) is 7. The van der Waals surface area contributed by atoms with Crippen LogP contribution in [0.25, 0.3) is 6.08 Å². The van der Waals surface area contributed by atoms with Crippen LogP contribution in [0.1, 0.15) is 26.3 Å². The quantitative estimate of drug-likeness (QED) is 0.201. The number of allylic oxidation sites excluding steroid dienone is 1. The number of hydrogen-bond donors (Lipinski definition) is 0. The molecule has 0 aromatic heterocycles. The van der Waals surface area contributed by atoms with Gasteiger partial charge in [0.15, 0.2) is 17.3 Å². The molecule has 33 heavy (non-hydrogen) atoms. The average Bonchev–Trinajstić information content (AvgIpc) is 2.87. The molecule has 0 aliphatic carbocycles. The molecule has 3 aromatic carbocycles. The van der Waals surface area contributed by atoms with E-state index in [1.807, 2.05) is 0 Å². The van der Waals surface area contributed by atoms with E-state index in [9.17, 15) is 9.59 Å². The molecule has 0 heterocycles. The van der Waals surface area contributed by atoms with E-state index < -0.39 is 5.97 Å². The minimum Gasteiger partial charge on any atom is -0.497 e. The van der Waals surface area contributed by atoms with Gasteiger partial charge in [-0.2, -0.15) is 0 Å². The number of benzene rings is 3. The molecule has 0 N–H and O–H groups in total. The minimum atomic E-state index is -0.528. The van der Waals surface area contributed by atoms with Gasteiger partial charge in [-0.15, -0.1) is 0 Å². The van der Waals surface area contributed by atoms with Crippen molar-refractivity contribution in [1.82, 2.24) is 0 Å². The molecule has 0 amide bonds. The zero-order chi connectivity index (χ0) is 23.8. The summed E-state index contributed by atoms with van der Waals surface area (Å²) in [5.41, 5.74) is 1.44. The number of esters is 1. The molecule has 0 bridgehead atoms. The normalized spacial score (nSPS) is 10.5. The highest BCUT2D eigenvalue weighted by atomic mass is 16.6. The van der Waals surface area contributed by atoms with Crippen LogP contribution in [0.5, 0.6) is 28.7 Å². The molecule has 0 saturated heterocycles. The molecule has 170 valence electrons. The van der Waals surface area contributed by atoms with Crippen molar-refractivity contribution in [3.8, 4) is 28.7 Å². The van der Waals surface area contributed by atoms with E-state index in [0.717, 1.165) is 0 Å². The number of methoxy groups -OCH3 is 4. The van der Waals surface area contributed by atoms with Crippen LogP contribution in [-0.2, 0) is 0 Å². The maximum atomic E-state index is 12.7. The van der Waals surface area contributed by atoms with Crippen molar-refractivity contribution in [1.29, 1.82) is 0 Å². The van der Waals surface area contributed by atoms with Crippen molar-refractivity contribution in [2.45, 2.75) is 0 Å². The molecule has 3 aromatic rings. The van der Waals surface area contributed by atoms with Gasteiger partial charge >= 0.3 is 5.97 Å². The van der Waals surface area contributed by atoms with Gasteiger partial charge in [0.05, 0.1) is 39.6 Å². The number of carbonyl (C=O) groups excluding carboxylic acids is 2. The fraction of sp³-hybridized carbons (Fsp3) is 0.154. The molecule has 0 unspecified atom stereocenters.